The third-order valence-electron chi connectivity index (χ3n) is 5.99. The van der Waals surface area contributed by atoms with Gasteiger partial charge < -0.3 is 4.74 Å². The molecule has 0 aromatic heterocycles. The molecule has 3 saturated heterocycles. The number of benzene rings is 1. The van der Waals surface area contributed by atoms with Gasteiger partial charge in [-0.25, -0.2) is 18.2 Å². The highest BCUT2D eigenvalue weighted by Gasteiger charge is 2.64. The van der Waals surface area contributed by atoms with Crippen LogP contribution in [0.25, 0.3) is 0 Å². The van der Waals surface area contributed by atoms with E-state index in [0.717, 1.165) is 32.1 Å². The van der Waals surface area contributed by atoms with Gasteiger partial charge in [0.25, 0.3) is 0 Å². The van der Waals surface area contributed by atoms with Crippen LogP contribution in [0.15, 0.2) is 35.2 Å². The van der Waals surface area contributed by atoms with E-state index in [9.17, 15) is 8.42 Å². The zero-order chi connectivity index (χ0) is 17.5. The minimum absolute atomic E-state index is 0.158. The first-order valence-electron chi connectivity index (χ1n) is 9.36. The van der Waals surface area contributed by atoms with E-state index in [0.29, 0.717) is 24.2 Å². The van der Waals surface area contributed by atoms with Crippen LogP contribution in [-0.2, 0) is 24.3 Å². The largest absolute Gasteiger partial charge is 0.324 e. The van der Waals surface area contributed by atoms with Gasteiger partial charge in [-0.15, -0.1) is 0 Å². The summed E-state index contributed by atoms with van der Waals surface area (Å²) in [5, 5.41) is 0. The van der Waals surface area contributed by atoms with E-state index >= 15 is 0 Å². The van der Waals surface area contributed by atoms with Crippen LogP contribution in [0.1, 0.15) is 58.3 Å². The second-order valence-electron chi connectivity index (χ2n) is 7.57. The van der Waals surface area contributed by atoms with Gasteiger partial charge in [0, 0.05) is 12.8 Å². The van der Waals surface area contributed by atoms with Gasteiger partial charge in [-0.2, -0.15) is 0 Å². The maximum atomic E-state index is 13.5. The number of rotatable bonds is 4. The molecule has 5 nitrogen and oxygen atoms in total. The molecule has 3 aliphatic heterocycles. The Bertz CT molecular complexity index is 715. The van der Waals surface area contributed by atoms with Crippen LogP contribution >= 0.6 is 0 Å². The molecule has 1 spiro atoms. The van der Waals surface area contributed by atoms with Crippen molar-refractivity contribution in [1.82, 2.24) is 0 Å². The molecule has 2 unspecified atom stereocenters. The Morgan fingerprint density at radius 1 is 1.08 bits per heavy atom. The molecular formula is C19H26O5S. The summed E-state index contributed by atoms with van der Waals surface area (Å²) in [6.45, 7) is 2.05. The van der Waals surface area contributed by atoms with Crippen LogP contribution in [-0.4, -0.2) is 25.2 Å². The first kappa shape index (κ1) is 17.5. The minimum Gasteiger partial charge on any atom is -0.324 e. The molecule has 1 aromatic carbocycles. The summed E-state index contributed by atoms with van der Waals surface area (Å²) in [6.07, 6.45) is 6.73. The number of hydrogen-bond acceptors (Lipinski definition) is 5. The van der Waals surface area contributed by atoms with Gasteiger partial charge in [-0.1, -0.05) is 44.4 Å². The normalized spacial score (nSPS) is 38.1. The molecule has 4 atom stereocenters. The van der Waals surface area contributed by atoms with Gasteiger partial charge in [0.2, 0.25) is 15.6 Å². The molecule has 138 valence electrons. The van der Waals surface area contributed by atoms with Crippen molar-refractivity contribution in [3.05, 3.63) is 30.3 Å². The van der Waals surface area contributed by atoms with Gasteiger partial charge >= 0.3 is 0 Å². The van der Waals surface area contributed by atoms with Crippen molar-refractivity contribution < 1.29 is 22.9 Å². The molecule has 0 amide bonds. The first-order valence-corrected chi connectivity index (χ1v) is 10.9. The summed E-state index contributed by atoms with van der Waals surface area (Å²) in [4.78, 5) is 12.0. The van der Waals surface area contributed by atoms with Crippen molar-refractivity contribution in [1.29, 1.82) is 0 Å². The lowest BCUT2D eigenvalue weighted by Crippen LogP contribution is -2.61. The highest BCUT2D eigenvalue weighted by atomic mass is 32.2. The van der Waals surface area contributed by atoms with Crippen molar-refractivity contribution in [2.45, 2.75) is 80.0 Å². The van der Waals surface area contributed by atoms with E-state index in [1.165, 1.54) is 0 Å². The molecule has 1 aromatic rings. The average molecular weight is 366 g/mol. The van der Waals surface area contributed by atoms with E-state index in [2.05, 4.69) is 0 Å². The maximum absolute atomic E-state index is 13.5. The summed E-state index contributed by atoms with van der Waals surface area (Å²) in [5.74, 6) is -0.782. The van der Waals surface area contributed by atoms with E-state index in [1.807, 2.05) is 13.0 Å². The fourth-order valence-electron chi connectivity index (χ4n) is 4.72. The second kappa shape index (κ2) is 6.34. The molecule has 3 heterocycles. The van der Waals surface area contributed by atoms with Crippen LogP contribution in [0, 0.1) is 5.92 Å². The number of ether oxygens (including phenoxy) is 1. The van der Waals surface area contributed by atoms with E-state index < -0.39 is 26.7 Å². The van der Waals surface area contributed by atoms with Crippen LogP contribution in [0.5, 0.6) is 0 Å². The number of sulfone groups is 1. The van der Waals surface area contributed by atoms with Gasteiger partial charge in [0.05, 0.1) is 4.90 Å². The molecule has 0 radical (unpaired) electrons. The molecule has 4 fully saturated rings. The zero-order valence-electron chi connectivity index (χ0n) is 14.6. The van der Waals surface area contributed by atoms with Crippen molar-refractivity contribution in [3.63, 3.8) is 0 Å². The monoisotopic (exact) mass is 366 g/mol. The van der Waals surface area contributed by atoms with Crippen molar-refractivity contribution >= 4 is 9.84 Å². The van der Waals surface area contributed by atoms with Crippen molar-refractivity contribution in [2.75, 3.05) is 0 Å². The van der Waals surface area contributed by atoms with Crippen LogP contribution < -0.4 is 0 Å². The SMILES string of the molecule is CCCC12CCC3CCCC[C@@]3(OO1)[C@@H](S(=O)(=O)c1ccccc1)O2. The average Bonchev–Trinajstić information content (AvgIpc) is 2.88. The summed E-state index contributed by atoms with van der Waals surface area (Å²) >= 11 is 0. The van der Waals surface area contributed by atoms with E-state index in [-0.39, 0.29) is 5.92 Å². The minimum atomic E-state index is -3.68. The molecule has 1 saturated carbocycles. The Hall–Kier alpha value is -0.950. The van der Waals surface area contributed by atoms with Gasteiger partial charge in [-0.3, -0.25) is 0 Å². The molecule has 6 heteroatoms. The Morgan fingerprint density at radius 3 is 2.64 bits per heavy atom. The van der Waals surface area contributed by atoms with Crippen molar-refractivity contribution in [3.8, 4) is 0 Å². The summed E-state index contributed by atoms with van der Waals surface area (Å²) in [6, 6.07) is 8.59. The Balaban J connectivity index is 1.81. The molecule has 5 rings (SSSR count). The van der Waals surface area contributed by atoms with Crippen LogP contribution in [0.2, 0.25) is 0 Å². The predicted molar refractivity (Wildman–Crippen MR) is 92.2 cm³/mol. The maximum Gasteiger partial charge on any atom is 0.208 e. The first-order chi connectivity index (χ1) is 12.0. The fraction of sp³-hybridized carbons (Fsp3) is 0.684. The number of fused-ring (bicyclic) bond motifs is 3. The molecule has 0 N–H and O–H groups in total. The molecule has 25 heavy (non-hydrogen) atoms. The zero-order valence-corrected chi connectivity index (χ0v) is 15.5. The second-order valence-corrected chi connectivity index (χ2v) is 9.56. The Morgan fingerprint density at radius 2 is 1.88 bits per heavy atom. The highest BCUT2D eigenvalue weighted by Crippen LogP contribution is 2.54. The lowest BCUT2D eigenvalue weighted by atomic mass is 9.74. The highest BCUT2D eigenvalue weighted by molar-refractivity contribution is 7.92. The summed E-state index contributed by atoms with van der Waals surface area (Å²) in [5.41, 5.74) is -1.89. The molecule has 4 aliphatic rings. The van der Waals surface area contributed by atoms with E-state index in [4.69, 9.17) is 14.5 Å². The van der Waals surface area contributed by atoms with Gasteiger partial charge in [0.1, 0.15) is 5.60 Å². The standard InChI is InChI=1S/C19H26O5S/c1-2-12-18-14-11-15-8-6-7-13-19(15,24-23-18)17(22-18)25(20,21)16-9-4-3-5-10-16/h3-5,9-10,15,17H,2,6-8,11-14H2,1H3/t15?,17-,18?,19+/m1/s1. The van der Waals surface area contributed by atoms with Gasteiger partial charge in [0.15, 0.2) is 5.44 Å². The molecular weight excluding hydrogens is 340 g/mol. The van der Waals surface area contributed by atoms with Gasteiger partial charge in [-0.05, 0) is 37.3 Å². The topological polar surface area (TPSA) is 61.8 Å². The quantitative estimate of drug-likeness (QED) is 0.754. The third kappa shape index (κ3) is 2.74. The molecule has 2 bridgehead atoms. The third-order valence-corrected chi connectivity index (χ3v) is 7.98. The predicted octanol–water partition coefficient (Wildman–Crippen LogP) is 3.98. The Labute approximate surface area is 149 Å². The smallest absolute Gasteiger partial charge is 0.208 e. The van der Waals surface area contributed by atoms with Crippen LogP contribution in [0.4, 0.5) is 0 Å². The molecule has 1 aliphatic carbocycles. The number of hydrogen-bond donors (Lipinski definition) is 0. The lowest BCUT2D eigenvalue weighted by molar-refractivity contribution is -0.519. The lowest BCUT2D eigenvalue weighted by Gasteiger charge is -2.50. The Kier molecular flexibility index (Phi) is 4.43. The summed E-state index contributed by atoms with van der Waals surface area (Å²) in [7, 11) is -3.68. The van der Waals surface area contributed by atoms with Crippen LogP contribution in [0.3, 0.4) is 0 Å². The fourth-order valence-corrected chi connectivity index (χ4v) is 6.68. The summed E-state index contributed by atoms with van der Waals surface area (Å²) < 4.78 is 33.2. The van der Waals surface area contributed by atoms with E-state index in [1.54, 1.807) is 24.3 Å². The van der Waals surface area contributed by atoms with Crippen molar-refractivity contribution in [2.24, 2.45) is 5.92 Å².